The summed E-state index contributed by atoms with van der Waals surface area (Å²) in [6.07, 6.45) is 2.61. The fourth-order valence-corrected chi connectivity index (χ4v) is 2.30. The maximum atomic E-state index is 9.58. The molecule has 3 heteroatoms. The fraction of sp³-hybridized carbons (Fsp3) is 0.467. The van der Waals surface area contributed by atoms with E-state index in [9.17, 15) is 5.11 Å². The minimum absolute atomic E-state index is 0.293. The number of nitrogens with zero attached hydrogens (tertiary/aromatic N) is 2. The molecule has 0 bridgehead atoms. The monoisotopic (exact) mass is 246 g/mol. The summed E-state index contributed by atoms with van der Waals surface area (Å²) in [6, 6.07) is 8.42. The van der Waals surface area contributed by atoms with Gasteiger partial charge >= 0.3 is 0 Å². The molecule has 0 radical (unpaired) electrons. The highest BCUT2D eigenvalue weighted by Crippen LogP contribution is 2.22. The van der Waals surface area contributed by atoms with Crippen molar-refractivity contribution in [2.45, 2.75) is 26.0 Å². The van der Waals surface area contributed by atoms with Crippen LogP contribution in [0.25, 0.3) is 10.9 Å². The first kappa shape index (κ1) is 13.1. The normalized spacial score (nSPS) is 13.4. The number of fused-ring (bicyclic) bond motifs is 1. The van der Waals surface area contributed by atoms with E-state index in [0.29, 0.717) is 0 Å². The number of likely N-dealkylation sites (N-methyl/N-ethyl adjacent to an activating group) is 1. The predicted molar refractivity (Wildman–Crippen MR) is 75.9 cm³/mol. The molecular formula is C15H22N2O. The first-order valence-electron chi connectivity index (χ1n) is 6.47. The Labute approximate surface area is 109 Å². The predicted octanol–water partition coefficient (Wildman–Crippen LogP) is 2.13. The maximum Gasteiger partial charge on any atom is 0.0553 e. The van der Waals surface area contributed by atoms with Crippen LogP contribution in [0.3, 0.4) is 0 Å². The standard InChI is InChI=1S/C15H22N2O/c1-12(18)10-13-11-17(9-8-16(2)3)15-7-5-4-6-14(13)15/h4-7,11-12,18H,8-10H2,1-3H3. The lowest BCUT2D eigenvalue weighted by Crippen LogP contribution is -2.17. The lowest BCUT2D eigenvalue weighted by atomic mass is 10.1. The molecule has 0 spiro atoms. The van der Waals surface area contributed by atoms with Crippen molar-refractivity contribution in [3.05, 3.63) is 36.0 Å². The molecule has 98 valence electrons. The van der Waals surface area contributed by atoms with Crippen LogP contribution >= 0.6 is 0 Å². The van der Waals surface area contributed by atoms with Crippen LogP contribution in [0.5, 0.6) is 0 Å². The zero-order valence-corrected chi connectivity index (χ0v) is 11.4. The summed E-state index contributed by atoms with van der Waals surface area (Å²) in [5.74, 6) is 0. The largest absolute Gasteiger partial charge is 0.393 e. The summed E-state index contributed by atoms with van der Waals surface area (Å²) < 4.78 is 2.28. The van der Waals surface area contributed by atoms with Gasteiger partial charge in [0.1, 0.15) is 0 Å². The van der Waals surface area contributed by atoms with Gasteiger partial charge in [-0.3, -0.25) is 0 Å². The zero-order chi connectivity index (χ0) is 13.1. The molecule has 0 aliphatic carbocycles. The minimum Gasteiger partial charge on any atom is -0.393 e. The first-order valence-corrected chi connectivity index (χ1v) is 6.47. The highest BCUT2D eigenvalue weighted by molar-refractivity contribution is 5.84. The highest BCUT2D eigenvalue weighted by atomic mass is 16.3. The molecule has 1 aromatic heterocycles. The molecule has 1 N–H and O–H groups in total. The average Bonchev–Trinajstić information content (AvgIpc) is 2.65. The molecule has 1 atom stereocenters. The molecular weight excluding hydrogens is 224 g/mol. The second kappa shape index (κ2) is 5.55. The number of hydrogen-bond donors (Lipinski definition) is 1. The lowest BCUT2D eigenvalue weighted by Gasteiger charge is -2.11. The van der Waals surface area contributed by atoms with E-state index in [0.717, 1.165) is 19.5 Å². The Morgan fingerprint density at radius 2 is 2.00 bits per heavy atom. The third kappa shape index (κ3) is 2.92. The molecule has 0 saturated carbocycles. The SMILES string of the molecule is CC(O)Cc1cn(CCN(C)C)c2ccccc12. The summed E-state index contributed by atoms with van der Waals surface area (Å²) in [7, 11) is 4.17. The lowest BCUT2D eigenvalue weighted by molar-refractivity contribution is 0.196. The minimum atomic E-state index is -0.293. The molecule has 0 aliphatic heterocycles. The summed E-state index contributed by atoms with van der Waals surface area (Å²) in [4.78, 5) is 2.18. The van der Waals surface area contributed by atoms with Crippen molar-refractivity contribution in [1.82, 2.24) is 9.47 Å². The van der Waals surface area contributed by atoms with E-state index in [1.54, 1.807) is 0 Å². The Bertz CT molecular complexity index is 514. The molecule has 0 saturated heterocycles. The van der Waals surface area contributed by atoms with Gasteiger partial charge in [0.15, 0.2) is 0 Å². The van der Waals surface area contributed by atoms with Crippen molar-refractivity contribution in [3.8, 4) is 0 Å². The first-order chi connectivity index (χ1) is 8.58. The molecule has 0 fully saturated rings. The number of rotatable bonds is 5. The van der Waals surface area contributed by atoms with Crippen molar-refractivity contribution in [2.24, 2.45) is 0 Å². The van der Waals surface area contributed by atoms with Crippen LogP contribution in [0, 0.1) is 0 Å². The van der Waals surface area contributed by atoms with Crippen molar-refractivity contribution in [1.29, 1.82) is 0 Å². The van der Waals surface area contributed by atoms with E-state index >= 15 is 0 Å². The van der Waals surface area contributed by atoms with Gasteiger partial charge in [-0.25, -0.2) is 0 Å². The molecule has 0 amide bonds. The second-order valence-corrected chi connectivity index (χ2v) is 5.22. The van der Waals surface area contributed by atoms with Gasteiger partial charge in [-0.05, 0) is 32.6 Å². The Balaban J connectivity index is 2.34. The molecule has 0 aliphatic rings. The van der Waals surface area contributed by atoms with Crippen LogP contribution in [0.2, 0.25) is 0 Å². The van der Waals surface area contributed by atoms with Crippen molar-refractivity contribution in [3.63, 3.8) is 0 Å². The summed E-state index contributed by atoms with van der Waals surface area (Å²) in [5.41, 5.74) is 2.49. The van der Waals surface area contributed by atoms with Gasteiger partial charge in [0.2, 0.25) is 0 Å². The molecule has 2 aromatic rings. The smallest absolute Gasteiger partial charge is 0.0553 e. The van der Waals surface area contributed by atoms with Gasteiger partial charge < -0.3 is 14.6 Å². The molecule has 1 aromatic carbocycles. The third-order valence-electron chi connectivity index (χ3n) is 3.17. The van der Waals surface area contributed by atoms with E-state index in [2.05, 4.69) is 54.0 Å². The Morgan fingerprint density at radius 3 is 2.67 bits per heavy atom. The quantitative estimate of drug-likeness (QED) is 0.875. The van der Waals surface area contributed by atoms with Gasteiger partial charge in [0.05, 0.1) is 6.10 Å². The van der Waals surface area contributed by atoms with Gasteiger partial charge in [0.25, 0.3) is 0 Å². The number of hydrogen-bond acceptors (Lipinski definition) is 2. The van der Waals surface area contributed by atoms with Gasteiger partial charge in [-0.1, -0.05) is 18.2 Å². The van der Waals surface area contributed by atoms with Crippen LogP contribution < -0.4 is 0 Å². The van der Waals surface area contributed by atoms with E-state index in [1.807, 2.05) is 6.92 Å². The second-order valence-electron chi connectivity index (χ2n) is 5.22. The maximum absolute atomic E-state index is 9.58. The van der Waals surface area contributed by atoms with E-state index in [1.165, 1.54) is 16.5 Å². The van der Waals surface area contributed by atoms with Gasteiger partial charge in [-0.2, -0.15) is 0 Å². The van der Waals surface area contributed by atoms with Crippen LogP contribution in [-0.2, 0) is 13.0 Å². The number of aliphatic hydroxyl groups is 1. The molecule has 1 unspecified atom stereocenters. The zero-order valence-electron chi connectivity index (χ0n) is 11.4. The number of aliphatic hydroxyl groups excluding tert-OH is 1. The number of para-hydroxylation sites is 1. The van der Waals surface area contributed by atoms with E-state index in [4.69, 9.17) is 0 Å². The molecule has 18 heavy (non-hydrogen) atoms. The van der Waals surface area contributed by atoms with Crippen molar-refractivity contribution in [2.75, 3.05) is 20.6 Å². The van der Waals surface area contributed by atoms with Crippen molar-refractivity contribution >= 4 is 10.9 Å². The van der Waals surface area contributed by atoms with Gasteiger partial charge in [0, 0.05) is 36.6 Å². The van der Waals surface area contributed by atoms with Crippen LogP contribution in [0.15, 0.2) is 30.5 Å². The Morgan fingerprint density at radius 1 is 1.28 bits per heavy atom. The Kier molecular flexibility index (Phi) is 4.04. The fourth-order valence-electron chi connectivity index (χ4n) is 2.30. The average molecular weight is 246 g/mol. The highest BCUT2D eigenvalue weighted by Gasteiger charge is 2.09. The van der Waals surface area contributed by atoms with E-state index < -0.39 is 0 Å². The van der Waals surface area contributed by atoms with E-state index in [-0.39, 0.29) is 6.10 Å². The summed E-state index contributed by atoms with van der Waals surface area (Å²) in [5, 5.41) is 10.8. The summed E-state index contributed by atoms with van der Waals surface area (Å²) in [6.45, 7) is 3.84. The number of aromatic nitrogens is 1. The number of benzene rings is 1. The van der Waals surface area contributed by atoms with Crippen molar-refractivity contribution < 1.29 is 5.11 Å². The van der Waals surface area contributed by atoms with Crippen LogP contribution in [0.1, 0.15) is 12.5 Å². The van der Waals surface area contributed by atoms with Gasteiger partial charge in [-0.15, -0.1) is 0 Å². The topological polar surface area (TPSA) is 28.4 Å². The molecule has 1 heterocycles. The van der Waals surface area contributed by atoms with Crippen LogP contribution in [0.4, 0.5) is 0 Å². The Hall–Kier alpha value is -1.32. The third-order valence-corrected chi connectivity index (χ3v) is 3.17. The molecule has 2 rings (SSSR count). The summed E-state index contributed by atoms with van der Waals surface area (Å²) >= 11 is 0. The molecule has 3 nitrogen and oxygen atoms in total. The van der Waals surface area contributed by atoms with Crippen LogP contribution in [-0.4, -0.2) is 41.3 Å².